The summed E-state index contributed by atoms with van der Waals surface area (Å²) >= 11 is 2.05. The summed E-state index contributed by atoms with van der Waals surface area (Å²) in [6, 6.07) is 0.545. The van der Waals surface area contributed by atoms with Crippen LogP contribution in [0.2, 0.25) is 0 Å². The van der Waals surface area contributed by atoms with Crippen molar-refractivity contribution >= 4 is 11.8 Å². The lowest BCUT2D eigenvalue weighted by molar-refractivity contribution is 0.0912. The van der Waals surface area contributed by atoms with E-state index in [1.807, 2.05) is 7.05 Å². The van der Waals surface area contributed by atoms with Crippen molar-refractivity contribution in [1.29, 1.82) is 0 Å². The van der Waals surface area contributed by atoms with E-state index in [1.165, 1.54) is 25.0 Å². The van der Waals surface area contributed by atoms with Crippen LogP contribution in [0.4, 0.5) is 0 Å². The van der Waals surface area contributed by atoms with Crippen molar-refractivity contribution in [1.82, 2.24) is 5.32 Å². The molecular formula is C10H19NOS. The predicted molar refractivity (Wildman–Crippen MR) is 57.1 cm³/mol. The average molecular weight is 201 g/mol. The fourth-order valence-electron chi connectivity index (χ4n) is 2.67. The lowest BCUT2D eigenvalue weighted by Crippen LogP contribution is -2.41. The van der Waals surface area contributed by atoms with Crippen LogP contribution in [0.15, 0.2) is 0 Å². The molecule has 3 heteroatoms. The normalized spacial score (nSPS) is 45.7. The highest BCUT2D eigenvalue weighted by Crippen LogP contribution is 2.40. The molecule has 0 aromatic heterocycles. The zero-order valence-corrected chi connectivity index (χ0v) is 9.02. The fraction of sp³-hybridized carbons (Fsp3) is 1.00. The highest BCUT2D eigenvalue weighted by molar-refractivity contribution is 8.00. The van der Waals surface area contributed by atoms with Crippen molar-refractivity contribution < 1.29 is 5.11 Å². The molecule has 0 aromatic carbocycles. The number of hydrogen-bond donors (Lipinski definition) is 2. The molecule has 2 aliphatic rings. The maximum absolute atomic E-state index is 10.0. The number of nitrogens with one attached hydrogen (secondary N) is 1. The minimum Gasteiger partial charge on any atom is -0.393 e. The van der Waals surface area contributed by atoms with Gasteiger partial charge in [0.25, 0.3) is 0 Å². The molecule has 1 saturated carbocycles. The van der Waals surface area contributed by atoms with Gasteiger partial charge >= 0.3 is 0 Å². The quantitative estimate of drug-likeness (QED) is 0.669. The Labute approximate surface area is 84.5 Å². The van der Waals surface area contributed by atoms with Crippen molar-refractivity contribution in [2.75, 3.05) is 12.8 Å². The molecule has 1 heterocycles. The molecule has 13 heavy (non-hydrogen) atoms. The molecule has 2 fully saturated rings. The van der Waals surface area contributed by atoms with E-state index in [9.17, 15) is 5.11 Å². The van der Waals surface area contributed by atoms with E-state index >= 15 is 0 Å². The van der Waals surface area contributed by atoms with E-state index in [0.29, 0.717) is 12.0 Å². The summed E-state index contributed by atoms with van der Waals surface area (Å²) in [5.41, 5.74) is 0. The minimum absolute atomic E-state index is 0.0556. The Bertz CT molecular complexity index is 176. The second-order valence-electron chi connectivity index (χ2n) is 4.20. The minimum atomic E-state index is -0.0556. The summed E-state index contributed by atoms with van der Waals surface area (Å²) < 4.78 is 0. The summed E-state index contributed by atoms with van der Waals surface area (Å²) in [7, 11) is 2.02. The lowest BCUT2D eigenvalue weighted by Gasteiger charge is -2.25. The summed E-state index contributed by atoms with van der Waals surface area (Å²) in [6.07, 6.45) is 4.79. The molecule has 0 radical (unpaired) electrons. The van der Waals surface area contributed by atoms with E-state index in [1.54, 1.807) is 0 Å². The van der Waals surface area contributed by atoms with Crippen LogP contribution in [0.5, 0.6) is 0 Å². The Balaban J connectivity index is 2.08. The Kier molecular flexibility index (Phi) is 3.17. The van der Waals surface area contributed by atoms with Gasteiger partial charge < -0.3 is 10.4 Å². The van der Waals surface area contributed by atoms with E-state index in [4.69, 9.17) is 0 Å². The van der Waals surface area contributed by atoms with Crippen LogP contribution < -0.4 is 5.32 Å². The Morgan fingerprint density at radius 1 is 1.31 bits per heavy atom. The second kappa shape index (κ2) is 4.20. The summed E-state index contributed by atoms with van der Waals surface area (Å²) in [4.78, 5) is 0. The van der Waals surface area contributed by atoms with Gasteiger partial charge in [-0.25, -0.2) is 0 Å². The van der Waals surface area contributed by atoms with Gasteiger partial charge in [0.1, 0.15) is 0 Å². The van der Waals surface area contributed by atoms with Gasteiger partial charge in [0.2, 0.25) is 0 Å². The molecule has 2 nitrogen and oxygen atoms in total. The van der Waals surface area contributed by atoms with Gasteiger partial charge in [-0.3, -0.25) is 0 Å². The van der Waals surface area contributed by atoms with Crippen LogP contribution in [0.1, 0.15) is 25.7 Å². The first-order chi connectivity index (χ1) is 6.33. The monoisotopic (exact) mass is 201 g/mol. The summed E-state index contributed by atoms with van der Waals surface area (Å²) in [5.74, 6) is 1.69. The number of aliphatic hydroxyl groups excluding tert-OH is 1. The molecule has 76 valence electrons. The van der Waals surface area contributed by atoms with Crippen LogP contribution in [-0.2, 0) is 0 Å². The zero-order valence-electron chi connectivity index (χ0n) is 8.20. The predicted octanol–water partition coefficient (Wildman–Crippen LogP) is 1.24. The van der Waals surface area contributed by atoms with Gasteiger partial charge in [-0.1, -0.05) is 12.8 Å². The van der Waals surface area contributed by atoms with E-state index in [-0.39, 0.29) is 6.10 Å². The number of rotatable bonds is 1. The van der Waals surface area contributed by atoms with E-state index in [0.717, 1.165) is 11.7 Å². The first-order valence-electron chi connectivity index (χ1n) is 5.30. The van der Waals surface area contributed by atoms with E-state index in [2.05, 4.69) is 17.1 Å². The van der Waals surface area contributed by atoms with Gasteiger partial charge in [0.05, 0.1) is 6.10 Å². The molecule has 1 saturated heterocycles. The largest absolute Gasteiger partial charge is 0.393 e. The first-order valence-corrected chi connectivity index (χ1v) is 6.34. The molecular weight excluding hydrogens is 182 g/mol. The number of fused-ring (bicyclic) bond motifs is 1. The number of thioether (sulfide) groups is 1. The molecule has 0 spiro atoms. The maximum atomic E-state index is 10.0. The topological polar surface area (TPSA) is 32.3 Å². The van der Waals surface area contributed by atoms with Crippen molar-refractivity contribution in [3.05, 3.63) is 0 Å². The van der Waals surface area contributed by atoms with E-state index < -0.39 is 0 Å². The third-order valence-electron chi connectivity index (χ3n) is 3.44. The lowest BCUT2D eigenvalue weighted by atomic mass is 9.90. The average Bonchev–Trinajstić information content (AvgIpc) is 2.47. The maximum Gasteiger partial charge on any atom is 0.0594 e. The molecule has 0 aromatic rings. The van der Waals surface area contributed by atoms with Crippen molar-refractivity contribution in [2.45, 2.75) is 43.1 Å². The van der Waals surface area contributed by atoms with Gasteiger partial charge in [0.15, 0.2) is 0 Å². The Morgan fingerprint density at radius 2 is 2.08 bits per heavy atom. The van der Waals surface area contributed by atoms with Gasteiger partial charge in [-0.15, -0.1) is 0 Å². The summed E-state index contributed by atoms with van der Waals surface area (Å²) in [6.45, 7) is 0. The summed E-state index contributed by atoms with van der Waals surface area (Å²) in [5, 5.41) is 14.1. The number of aliphatic hydroxyl groups is 1. The molecule has 1 aliphatic heterocycles. The highest BCUT2D eigenvalue weighted by atomic mass is 32.2. The second-order valence-corrected chi connectivity index (χ2v) is 5.47. The molecule has 1 aliphatic carbocycles. The van der Waals surface area contributed by atoms with Crippen LogP contribution in [-0.4, -0.2) is 35.3 Å². The van der Waals surface area contributed by atoms with Gasteiger partial charge in [-0.2, -0.15) is 11.8 Å². The fourth-order valence-corrected chi connectivity index (χ4v) is 4.44. The van der Waals surface area contributed by atoms with Crippen molar-refractivity contribution in [3.63, 3.8) is 0 Å². The third-order valence-corrected chi connectivity index (χ3v) is 4.97. The Morgan fingerprint density at radius 3 is 2.85 bits per heavy atom. The van der Waals surface area contributed by atoms with Gasteiger partial charge in [0, 0.05) is 23.0 Å². The first kappa shape index (κ1) is 9.81. The molecule has 4 atom stereocenters. The van der Waals surface area contributed by atoms with Crippen molar-refractivity contribution in [3.8, 4) is 0 Å². The SMILES string of the molecule is CNC1CSC2CCCCC(O)C12. The van der Waals surface area contributed by atoms with Crippen LogP contribution in [0, 0.1) is 5.92 Å². The molecule has 2 N–H and O–H groups in total. The third kappa shape index (κ3) is 1.88. The number of hydrogen-bond acceptors (Lipinski definition) is 3. The molecule has 0 bridgehead atoms. The van der Waals surface area contributed by atoms with Gasteiger partial charge in [-0.05, 0) is 19.9 Å². The van der Waals surface area contributed by atoms with Crippen LogP contribution in [0.3, 0.4) is 0 Å². The van der Waals surface area contributed by atoms with Crippen LogP contribution >= 0.6 is 11.8 Å². The zero-order chi connectivity index (χ0) is 9.26. The molecule has 0 amide bonds. The molecule has 2 rings (SSSR count). The van der Waals surface area contributed by atoms with Crippen molar-refractivity contribution in [2.24, 2.45) is 5.92 Å². The molecule has 4 unspecified atom stereocenters. The highest BCUT2D eigenvalue weighted by Gasteiger charge is 2.40. The smallest absolute Gasteiger partial charge is 0.0594 e. The standard InChI is InChI=1S/C10H19NOS/c1-11-7-6-13-9-5-3-2-4-8(12)10(7)9/h7-12H,2-6H2,1H3. The Hall–Kier alpha value is 0.270. The van der Waals surface area contributed by atoms with Crippen LogP contribution in [0.25, 0.3) is 0 Å².